The number of pyridine rings is 1. The second-order valence-corrected chi connectivity index (χ2v) is 9.43. The molecule has 0 amide bonds. The van der Waals surface area contributed by atoms with E-state index < -0.39 is 0 Å². The summed E-state index contributed by atoms with van der Waals surface area (Å²) in [7, 11) is 2.18. The summed E-state index contributed by atoms with van der Waals surface area (Å²) in [4.78, 5) is 16.8. The van der Waals surface area contributed by atoms with Gasteiger partial charge in [-0.25, -0.2) is 9.98 Å². The van der Waals surface area contributed by atoms with Crippen LogP contribution in [0.4, 0.5) is 5.82 Å². The lowest BCUT2D eigenvalue weighted by Crippen LogP contribution is -2.49. The molecule has 0 aromatic carbocycles. The van der Waals surface area contributed by atoms with Crippen LogP contribution >= 0.6 is 11.8 Å². The van der Waals surface area contributed by atoms with Crippen molar-refractivity contribution in [3.05, 3.63) is 23.9 Å². The average Bonchev–Trinajstić information content (AvgIpc) is 2.72. The van der Waals surface area contributed by atoms with Crippen molar-refractivity contribution in [3.63, 3.8) is 0 Å². The topological polar surface area (TPSA) is 47.0 Å². The number of guanidine groups is 1. The molecule has 3 heterocycles. The van der Waals surface area contributed by atoms with Crippen LogP contribution < -0.4 is 10.2 Å². The van der Waals surface area contributed by atoms with Crippen LogP contribution in [0.25, 0.3) is 0 Å². The van der Waals surface area contributed by atoms with Crippen LogP contribution in [0.3, 0.4) is 0 Å². The smallest absolute Gasteiger partial charge is 0.194 e. The minimum Gasteiger partial charge on any atom is -0.357 e. The fourth-order valence-corrected chi connectivity index (χ4v) is 4.93. The fourth-order valence-electron chi connectivity index (χ4n) is 3.63. The van der Waals surface area contributed by atoms with Gasteiger partial charge in [0.1, 0.15) is 5.82 Å². The lowest BCUT2D eigenvalue weighted by Gasteiger charge is -2.36. The highest BCUT2D eigenvalue weighted by Gasteiger charge is 2.24. The van der Waals surface area contributed by atoms with E-state index in [0.29, 0.717) is 17.7 Å². The monoisotopic (exact) mass is 404 g/mol. The van der Waals surface area contributed by atoms with Gasteiger partial charge in [-0.3, -0.25) is 0 Å². The van der Waals surface area contributed by atoms with Crippen molar-refractivity contribution in [2.75, 3.05) is 63.5 Å². The summed E-state index contributed by atoms with van der Waals surface area (Å²) in [5, 5.41) is 4.18. The molecule has 0 bridgehead atoms. The van der Waals surface area contributed by atoms with Crippen LogP contribution in [-0.2, 0) is 6.54 Å². The van der Waals surface area contributed by atoms with Crippen molar-refractivity contribution in [3.8, 4) is 0 Å². The molecule has 1 atom stereocenters. The molecular formula is C21H36N6S. The maximum Gasteiger partial charge on any atom is 0.194 e. The number of hydrogen-bond donors (Lipinski definition) is 1. The van der Waals surface area contributed by atoms with Crippen molar-refractivity contribution < 1.29 is 0 Å². The molecule has 0 saturated carbocycles. The number of nitrogens with one attached hydrogen (secondary N) is 1. The zero-order valence-corrected chi connectivity index (χ0v) is 18.7. The van der Waals surface area contributed by atoms with Crippen LogP contribution in [0, 0.1) is 5.92 Å². The number of aliphatic imine (C=N–C) groups is 1. The molecule has 3 rings (SSSR count). The van der Waals surface area contributed by atoms with Crippen LogP contribution in [-0.4, -0.2) is 84.6 Å². The summed E-state index contributed by atoms with van der Waals surface area (Å²) in [6.07, 6.45) is 1.93. The number of aromatic nitrogens is 1. The Morgan fingerprint density at radius 2 is 2.07 bits per heavy atom. The van der Waals surface area contributed by atoms with Crippen molar-refractivity contribution in [2.24, 2.45) is 10.9 Å². The molecule has 6 nitrogen and oxygen atoms in total. The first kappa shape index (κ1) is 21.2. The Hall–Kier alpha value is -1.47. The molecule has 7 heteroatoms. The number of rotatable bonds is 5. The summed E-state index contributed by atoms with van der Waals surface area (Å²) >= 11 is 2.10. The van der Waals surface area contributed by atoms with Crippen LogP contribution in [0.2, 0.25) is 0 Å². The zero-order valence-electron chi connectivity index (χ0n) is 17.9. The SMILES string of the molecule is CCNC(=NCc1ccnc(N2CCN(C)CC2)c1)N1CCSC(C(C)C)C1. The summed E-state index contributed by atoms with van der Waals surface area (Å²) in [5.41, 5.74) is 1.23. The molecule has 0 spiro atoms. The molecular weight excluding hydrogens is 368 g/mol. The Labute approximate surface area is 174 Å². The second-order valence-electron chi connectivity index (χ2n) is 8.08. The Kier molecular flexibility index (Phi) is 7.85. The fraction of sp³-hybridized carbons (Fsp3) is 0.714. The number of anilines is 1. The molecule has 156 valence electrons. The quantitative estimate of drug-likeness (QED) is 0.601. The number of likely N-dealkylation sites (N-methyl/N-ethyl adjacent to an activating group) is 1. The van der Waals surface area contributed by atoms with E-state index >= 15 is 0 Å². The van der Waals surface area contributed by atoms with Crippen LogP contribution in [0.1, 0.15) is 26.3 Å². The van der Waals surface area contributed by atoms with E-state index in [9.17, 15) is 0 Å². The molecule has 1 aromatic heterocycles. The van der Waals surface area contributed by atoms with Gasteiger partial charge in [-0.1, -0.05) is 13.8 Å². The third-order valence-corrected chi connectivity index (χ3v) is 7.06. The predicted octanol–water partition coefficient (Wildman–Crippen LogP) is 2.37. The largest absolute Gasteiger partial charge is 0.357 e. The van der Waals surface area contributed by atoms with Gasteiger partial charge in [0.05, 0.1) is 6.54 Å². The van der Waals surface area contributed by atoms with Crippen molar-refractivity contribution in [2.45, 2.75) is 32.6 Å². The molecule has 2 saturated heterocycles. The first-order valence-electron chi connectivity index (χ1n) is 10.6. The first-order valence-corrected chi connectivity index (χ1v) is 11.6. The summed E-state index contributed by atoms with van der Waals surface area (Å²) in [5.74, 6) is 4.00. The van der Waals surface area contributed by atoms with Gasteiger partial charge < -0.3 is 20.0 Å². The highest BCUT2D eigenvalue weighted by molar-refractivity contribution is 8.00. The average molecular weight is 405 g/mol. The molecule has 1 N–H and O–H groups in total. The van der Waals surface area contributed by atoms with Gasteiger partial charge in [-0.2, -0.15) is 11.8 Å². The van der Waals surface area contributed by atoms with E-state index in [1.54, 1.807) is 0 Å². The Bertz CT molecular complexity index is 642. The van der Waals surface area contributed by atoms with E-state index in [-0.39, 0.29) is 0 Å². The first-order chi connectivity index (χ1) is 13.6. The van der Waals surface area contributed by atoms with Gasteiger partial charge in [-0.05, 0) is 37.6 Å². The van der Waals surface area contributed by atoms with Gasteiger partial charge in [0.15, 0.2) is 5.96 Å². The minimum absolute atomic E-state index is 0.683. The Morgan fingerprint density at radius 3 is 2.79 bits per heavy atom. The van der Waals surface area contributed by atoms with Crippen molar-refractivity contribution in [1.29, 1.82) is 0 Å². The van der Waals surface area contributed by atoms with Gasteiger partial charge in [0.25, 0.3) is 0 Å². The maximum atomic E-state index is 4.97. The van der Waals surface area contributed by atoms with Crippen molar-refractivity contribution >= 4 is 23.5 Å². The number of nitrogens with zero attached hydrogens (tertiary/aromatic N) is 5. The van der Waals surface area contributed by atoms with Crippen LogP contribution in [0.15, 0.2) is 23.3 Å². The second kappa shape index (κ2) is 10.3. The number of thioether (sulfide) groups is 1. The molecule has 2 aliphatic heterocycles. The lowest BCUT2D eigenvalue weighted by atomic mass is 10.1. The van der Waals surface area contributed by atoms with Crippen LogP contribution in [0.5, 0.6) is 0 Å². The normalized spacial score (nSPS) is 22.0. The van der Waals surface area contributed by atoms with E-state index in [0.717, 1.165) is 57.6 Å². The summed E-state index contributed by atoms with van der Waals surface area (Å²) in [6, 6.07) is 4.30. The zero-order chi connectivity index (χ0) is 19.9. The minimum atomic E-state index is 0.683. The highest BCUT2D eigenvalue weighted by atomic mass is 32.2. The lowest BCUT2D eigenvalue weighted by molar-refractivity contribution is 0.312. The van der Waals surface area contributed by atoms with Crippen molar-refractivity contribution in [1.82, 2.24) is 20.1 Å². The van der Waals surface area contributed by atoms with E-state index in [2.05, 4.69) is 76.7 Å². The summed E-state index contributed by atoms with van der Waals surface area (Å²) < 4.78 is 0. The molecule has 0 aliphatic carbocycles. The molecule has 1 aromatic rings. The van der Waals surface area contributed by atoms with Gasteiger partial charge in [-0.15, -0.1) is 0 Å². The van der Waals surface area contributed by atoms with E-state index in [1.807, 2.05) is 6.20 Å². The highest BCUT2D eigenvalue weighted by Crippen LogP contribution is 2.25. The summed E-state index contributed by atoms with van der Waals surface area (Å²) in [6.45, 7) is 14.8. The molecule has 0 radical (unpaired) electrons. The van der Waals surface area contributed by atoms with Gasteiger partial charge in [0, 0.05) is 63.0 Å². The predicted molar refractivity (Wildman–Crippen MR) is 121 cm³/mol. The van der Waals surface area contributed by atoms with Gasteiger partial charge >= 0.3 is 0 Å². The molecule has 1 unspecified atom stereocenters. The molecule has 2 fully saturated rings. The third kappa shape index (κ3) is 5.77. The van der Waals surface area contributed by atoms with E-state index in [1.165, 1.54) is 11.3 Å². The van der Waals surface area contributed by atoms with E-state index in [4.69, 9.17) is 4.99 Å². The molecule has 28 heavy (non-hydrogen) atoms. The number of piperazine rings is 1. The maximum absolute atomic E-state index is 4.97. The Balaban J connectivity index is 1.66. The third-order valence-electron chi connectivity index (χ3n) is 5.52. The molecule has 2 aliphatic rings. The standard InChI is InChI=1S/C21H36N6S/c1-5-22-21(27-12-13-28-19(16-27)17(2)3)24-15-18-6-7-23-20(14-18)26-10-8-25(4)9-11-26/h6-7,14,17,19H,5,8-13,15-16H2,1-4H3,(H,22,24). The number of hydrogen-bond acceptors (Lipinski definition) is 5. The van der Waals surface area contributed by atoms with Gasteiger partial charge in [0.2, 0.25) is 0 Å². The Morgan fingerprint density at radius 1 is 1.29 bits per heavy atom.